The third kappa shape index (κ3) is 2.37. The van der Waals surface area contributed by atoms with Crippen LogP contribution >= 0.6 is 9.24 Å². The van der Waals surface area contributed by atoms with Crippen LogP contribution in [0, 0.1) is 0 Å². The molecule has 0 saturated heterocycles. The Morgan fingerprint density at radius 3 is 2.27 bits per heavy atom. The molecule has 1 N–H and O–H groups in total. The van der Waals surface area contributed by atoms with Crippen molar-refractivity contribution in [3.05, 3.63) is 29.8 Å². The second kappa shape index (κ2) is 3.96. The first kappa shape index (κ1) is 8.85. The first-order valence-corrected chi connectivity index (χ1v) is 5.06. The Hall–Kier alpha value is -0.240. The van der Waals surface area contributed by atoms with E-state index in [0.717, 1.165) is 11.7 Å². The molecule has 0 heterocycles. The SMILES string of the molecule is O=S(O)c1ccc(CP)cc1. The zero-order chi connectivity index (χ0) is 8.27. The first-order chi connectivity index (χ1) is 5.24. The van der Waals surface area contributed by atoms with Crippen molar-refractivity contribution in [2.45, 2.75) is 11.1 Å². The van der Waals surface area contributed by atoms with Crippen LogP contribution in [0.2, 0.25) is 0 Å². The highest BCUT2D eigenvalue weighted by Crippen LogP contribution is 2.09. The molecule has 1 aromatic carbocycles. The van der Waals surface area contributed by atoms with Crippen molar-refractivity contribution < 1.29 is 8.76 Å². The van der Waals surface area contributed by atoms with Crippen molar-refractivity contribution in [1.82, 2.24) is 0 Å². The van der Waals surface area contributed by atoms with Gasteiger partial charge >= 0.3 is 0 Å². The lowest BCUT2D eigenvalue weighted by Crippen LogP contribution is -1.87. The van der Waals surface area contributed by atoms with Gasteiger partial charge in [0.25, 0.3) is 0 Å². The fraction of sp³-hybridized carbons (Fsp3) is 0.143. The van der Waals surface area contributed by atoms with Crippen molar-refractivity contribution in [3.8, 4) is 0 Å². The maximum Gasteiger partial charge on any atom is 0.186 e. The second-order valence-electron chi connectivity index (χ2n) is 2.10. The van der Waals surface area contributed by atoms with Gasteiger partial charge in [0.1, 0.15) is 0 Å². The summed E-state index contributed by atoms with van der Waals surface area (Å²) in [6, 6.07) is 7.01. The molecule has 0 aliphatic heterocycles. The molecule has 0 amide bonds. The number of rotatable bonds is 2. The lowest BCUT2D eigenvalue weighted by Gasteiger charge is -1.96. The smallest absolute Gasteiger partial charge is 0.186 e. The molecule has 0 aliphatic rings. The number of benzene rings is 1. The Balaban J connectivity index is 2.91. The van der Waals surface area contributed by atoms with E-state index in [9.17, 15) is 4.21 Å². The van der Waals surface area contributed by atoms with E-state index in [-0.39, 0.29) is 0 Å². The van der Waals surface area contributed by atoms with E-state index >= 15 is 0 Å². The summed E-state index contributed by atoms with van der Waals surface area (Å²) in [5, 5.41) is 0. The van der Waals surface area contributed by atoms with Gasteiger partial charge in [-0.2, -0.15) is 0 Å². The second-order valence-corrected chi connectivity index (χ2v) is 3.48. The average molecular weight is 188 g/mol. The van der Waals surface area contributed by atoms with Gasteiger partial charge in [0.2, 0.25) is 0 Å². The first-order valence-electron chi connectivity index (χ1n) is 3.14. The minimum atomic E-state index is -1.85. The van der Waals surface area contributed by atoms with Crippen LogP contribution in [-0.2, 0) is 17.2 Å². The largest absolute Gasteiger partial charge is 0.302 e. The monoisotopic (exact) mass is 188 g/mol. The lowest BCUT2D eigenvalue weighted by atomic mass is 10.2. The van der Waals surface area contributed by atoms with Crippen LogP contribution in [0.5, 0.6) is 0 Å². The van der Waals surface area contributed by atoms with Crippen LogP contribution in [0.3, 0.4) is 0 Å². The number of hydrogen-bond donors (Lipinski definition) is 1. The summed E-state index contributed by atoms with van der Waals surface area (Å²) in [6.45, 7) is 0. The highest BCUT2D eigenvalue weighted by molar-refractivity contribution is 7.79. The molecule has 0 fully saturated rings. The molecule has 0 spiro atoms. The Morgan fingerprint density at radius 1 is 1.36 bits per heavy atom. The molecule has 0 saturated carbocycles. The normalized spacial score (nSPS) is 12.9. The van der Waals surface area contributed by atoms with E-state index in [1.165, 1.54) is 0 Å². The van der Waals surface area contributed by atoms with Gasteiger partial charge in [-0.3, -0.25) is 0 Å². The Labute approximate surface area is 70.5 Å². The molecule has 4 heteroatoms. The third-order valence-electron chi connectivity index (χ3n) is 1.36. The van der Waals surface area contributed by atoms with Gasteiger partial charge in [-0.05, 0) is 23.9 Å². The fourth-order valence-electron chi connectivity index (χ4n) is 0.742. The van der Waals surface area contributed by atoms with E-state index in [2.05, 4.69) is 9.24 Å². The molecule has 1 aromatic rings. The zero-order valence-electron chi connectivity index (χ0n) is 5.86. The van der Waals surface area contributed by atoms with E-state index < -0.39 is 11.1 Å². The summed E-state index contributed by atoms with van der Waals surface area (Å²) >= 11 is -1.85. The van der Waals surface area contributed by atoms with Crippen molar-refractivity contribution in [2.24, 2.45) is 0 Å². The maximum absolute atomic E-state index is 10.5. The molecule has 60 valence electrons. The van der Waals surface area contributed by atoms with Crippen molar-refractivity contribution in [3.63, 3.8) is 0 Å². The van der Waals surface area contributed by atoms with Gasteiger partial charge in [0, 0.05) is 0 Å². The summed E-state index contributed by atoms with van der Waals surface area (Å²) in [5.74, 6) is 0. The average Bonchev–Trinajstić information content (AvgIpc) is 2.05. The van der Waals surface area contributed by atoms with Crippen LogP contribution in [0.15, 0.2) is 29.2 Å². The Morgan fingerprint density at radius 2 is 1.91 bits per heavy atom. The fourth-order valence-corrected chi connectivity index (χ4v) is 1.38. The Bertz CT molecular complexity index is 258. The molecule has 11 heavy (non-hydrogen) atoms. The Kier molecular flexibility index (Phi) is 3.18. The molecular formula is C7H9O2PS. The minimum absolute atomic E-state index is 0.451. The highest BCUT2D eigenvalue weighted by Gasteiger charge is 1.97. The predicted octanol–water partition coefficient (Wildman–Crippen LogP) is 1.64. The summed E-state index contributed by atoms with van der Waals surface area (Å²) in [4.78, 5) is 0.451. The van der Waals surface area contributed by atoms with Gasteiger partial charge in [-0.15, -0.1) is 9.24 Å². The van der Waals surface area contributed by atoms with Crippen molar-refractivity contribution in [2.75, 3.05) is 0 Å². The van der Waals surface area contributed by atoms with Gasteiger partial charge < -0.3 is 4.55 Å². The summed E-state index contributed by atoms with van der Waals surface area (Å²) < 4.78 is 19.2. The number of hydrogen-bond acceptors (Lipinski definition) is 1. The standard InChI is InChI=1S/C7H9O2PS/c8-11(9)7-3-1-6(5-10)2-4-7/h1-4H,5,10H2,(H,8,9). The van der Waals surface area contributed by atoms with Crippen LogP contribution < -0.4 is 0 Å². The van der Waals surface area contributed by atoms with Crippen molar-refractivity contribution in [1.29, 1.82) is 0 Å². The molecule has 2 atom stereocenters. The van der Waals surface area contributed by atoms with Gasteiger partial charge in [0.15, 0.2) is 11.1 Å². The van der Waals surface area contributed by atoms with Gasteiger partial charge in [-0.1, -0.05) is 12.1 Å². The van der Waals surface area contributed by atoms with Crippen LogP contribution in [0.1, 0.15) is 5.56 Å². The van der Waals surface area contributed by atoms with Gasteiger partial charge in [0.05, 0.1) is 4.90 Å². The molecule has 2 unspecified atom stereocenters. The molecular weight excluding hydrogens is 179 g/mol. The topological polar surface area (TPSA) is 37.3 Å². The quantitative estimate of drug-likeness (QED) is 0.566. The minimum Gasteiger partial charge on any atom is -0.302 e. The summed E-state index contributed by atoms with van der Waals surface area (Å²) in [7, 11) is 2.60. The molecule has 0 aromatic heterocycles. The molecule has 1 rings (SSSR count). The molecule has 0 aliphatic carbocycles. The summed E-state index contributed by atoms with van der Waals surface area (Å²) in [5.41, 5.74) is 1.14. The predicted molar refractivity (Wildman–Crippen MR) is 48.9 cm³/mol. The van der Waals surface area contributed by atoms with Crippen molar-refractivity contribution >= 4 is 20.3 Å². The van der Waals surface area contributed by atoms with E-state index in [0.29, 0.717) is 4.90 Å². The highest BCUT2D eigenvalue weighted by atomic mass is 32.2. The van der Waals surface area contributed by atoms with E-state index in [4.69, 9.17) is 4.55 Å². The molecule has 2 nitrogen and oxygen atoms in total. The molecule has 0 bridgehead atoms. The zero-order valence-corrected chi connectivity index (χ0v) is 7.83. The van der Waals surface area contributed by atoms with Crippen LogP contribution in [-0.4, -0.2) is 8.76 Å². The van der Waals surface area contributed by atoms with E-state index in [1.807, 2.05) is 12.1 Å². The van der Waals surface area contributed by atoms with E-state index in [1.54, 1.807) is 12.1 Å². The third-order valence-corrected chi connectivity index (χ3v) is 2.51. The van der Waals surface area contributed by atoms with Gasteiger partial charge in [-0.25, -0.2) is 4.21 Å². The molecule has 0 radical (unpaired) electrons. The van der Waals surface area contributed by atoms with Crippen LogP contribution in [0.4, 0.5) is 0 Å². The maximum atomic E-state index is 10.5. The van der Waals surface area contributed by atoms with Crippen LogP contribution in [0.25, 0.3) is 0 Å². The summed E-state index contributed by atoms with van der Waals surface area (Å²) in [6.07, 6.45) is 0.873. The lowest BCUT2D eigenvalue weighted by molar-refractivity contribution is 0.564.